The maximum absolute atomic E-state index is 6.28. The highest BCUT2D eigenvalue weighted by atomic mass is 35.5. The van der Waals surface area contributed by atoms with Crippen molar-refractivity contribution in [3.63, 3.8) is 0 Å². The van der Waals surface area contributed by atoms with E-state index in [0.717, 1.165) is 27.7 Å². The molecular weight excluding hydrogens is 286 g/mol. The molecule has 3 aromatic rings. The smallest absolute Gasteiger partial charge is 0.125 e. The summed E-state index contributed by atoms with van der Waals surface area (Å²) in [6, 6.07) is 18.3. The van der Waals surface area contributed by atoms with Crippen molar-refractivity contribution in [2.75, 3.05) is 0 Å². The molecule has 0 spiro atoms. The summed E-state index contributed by atoms with van der Waals surface area (Å²) in [5.41, 5.74) is 3.37. The molecule has 20 heavy (non-hydrogen) atoms. The molecule has 0 amide bonds. The van der Waals surface area contributed by atoms with Gasteiger partial charge in [-0.2, -0.15) is 0 Å². The van der Waals surface area contributed by atoms with Gasteiger partial charge in [0.2, 0.25) is 0 Å². The third kappa shape index (κ3) is 2.49. The lowest BCUT2D eigenvalue weighted by molar-refractivity contribution is 1.07. The number of aryl methyl sites for hydroxylation is 1. The average Bonchev–Trinajstić information content (AvgIpc) is 2.92. The van der Waals surface area contributed by atoms with Crippen LogP contribution < -0.4 is 0 Å². The summed E-state index contributed by atoms with van der Waals surface area (Å²) in [6.45, 7) is 2.14. The van der Waals surface area contributed by atoms with Crippen molar-refractivity contribution in [2.45, 2.75) is 13.3 Å². The second-order valence-electron chi connectivity index (χ2n) is 4.49. The Balaban J connectivity index is 2.13. The van der Waals surface area contributed by atoms with E-state index in [1.165, 1.54) is 10.4 Å². The van der Waals surface area contributed by atoms with Crippen LogP contribution in [0.5, 0.6) is 0 Å². The van der Waals surface area contributed by atoms with E-state index in [2.05, 4.69) is 31.2 Å². The molecule has 0 unspecified atom stereocenters. The van der Waals surface area contributed by atoms with E-state index in [1.54, 1.807) is 11.3 Å². The molecule has 1 heterocycles. The summed E-state index contributed by atoms with van der Waals surface area (Å²) in [6.07, 6.45) is 0.922. The number of rotatable bonds is 3. The second kappa shape index (κ2) is 5.78. The number of aromatic nitrogens is 1. The van der Waals surface area contributed by atoms with Gasteiger partial charge in [0.05, 0.1) is 15.6 Å². The topological polar surface area (TPSA) is 12.9 Å². The molecule has 0 bridgehead atoms. The van der Waals surface area contributed by atoms with Gasteiger partial charge < -0.3 is 0 Å². The number of halogens is 1. The van der Waals surface area contributed by atoms with E-state index in [4.69, 9.17) is 16.6 Å². The molecule has 1 nitrogen and oxygen atoms in total. The maximum atomic E-state index is 6.28. The van der Waals surface area contributed by atoms with Crippen molar-refractivity contribution >= 4 is 22.9 Å². The predicted molar refractivity (Wildman–Crippen MR) is 87.4 cm³/mol. The Morgan fingerprint density at radius 3 is 2.40 bits per heavy atom. The van der Waals surface area contributed by atoms with Gasteiger partial charge in [-0.3, -0.25) is 0 Å². The standard InChI is InChI=1S/C17H14ClNS/c1-2-15-16(12-8-4-3-5-9-12)20-17(19-15)13-10-6-7-11-14(13)18/h3-11H,2H2,1H3. The molecule has 0 aliphatic rings. The first-order valence-corrected chi connectivity index (χ1v) is 7.79. The van der Waals surface area contributed by atoms with Gasteiger partial charge in [0, 0.05) is 5.56 Å². The normalized spacial score (nSPS) is 10.7. The van der Waals surface area contributed by atoms with Gasteiger partial charge in [-0.05, 0) is 18.1 Å². The summed E-state index contributed by atoms with van der Waals surface area (Å²) in [5, 5.41) is 1.75. The Kier molecular flexibility index (Phi) is 3.86. The zero-order valence-corrected chi connectivity index (χ0v) is 12.7. The lowest BCUT2D eigenvalue weighted by atomic mass is 10.1. The molecule has 0 saturated heterocycles. The third-order valence-electron chi connectivity index (χ3n) is 3.17. The van der Waals surface area contributed by atoms with Crippen LogP contribution in [0.2, 0.25) is 5.02 Å². The summed E-state index contributed by atoms with van der Waals surface area (Å²) >= 11 is 7.99. The van der Waals surface area contributed by atoms with Crippen molar-refractivity contribution in [2.24, 2.45) is 0 Å². The molecule has 1 aromatic heterocycles. The van der Waals surface area contributed by atoms with Crippen LogP contribution in [0.25, 0.3) is 21.0 Å². The van der Waals surface area contributed by atoms with Crippen LogP contribution in [-0.4, -0.2) is 4.98 Å². The highest BCUT2D eigenvalue weighted by Gasteiger charge is 2.14. The molecule has 0 radical (unpaired) electrons. The van der Waals surface area contributed by atoms with E-state index in [0.29, 0.717) is 0 Å². The number of thiazole rings is 1. The third-order valence-corrected chi connectivity index (χ3v) is 4.68. The number of hydrogen-bond acceptors (Lipinski definition) is 2. The number of benzene rings is 2. The summed E-state index contributed by atoms with van der Waals surface area (Å²) in [5.74, 6) is 0. The maximum Gasteiger partial charge on any atom is 0.125 e. The fraction of sp³-hybridized carbons (Fsp3) is 0.118. The van der Waals surface area contributed by atoms with Crippen molar-refractivity contribution in [1.29, 1.82) is 0 Å². The van der Waals surface area contributed by atoms with Gasteiger partial charge in [-0.15, -0.1) is 11.3 Å². The predicted octanol–water partition coefficient (Wildman–Crippen LogP) is 5.69. The summed E-state index contributed by atoms with van der Waals surface area (Å²) in [4.78, 5) is 6.01. The first-order chi connectivity index (χ1) is 9.79. The Hall–Kier alpha value is -1.64. The Bertz CT molecular complexity index is 719. The minimum atomic E-state index is 0.753. The average molecular weight is 300 g/mol. The largest absolute Gasteiger partial charge is 0.240 e. The number of nitrogens with zero attached hydrogens (tertiary/aromatic N) is 1. The summed E-state index contributed by atoms with van der Waals surface area (Å²) in [7, 11) is 0. The molecule has 3 heteroatoms. The zero-order valence-electron chi connectivity index (χ0n) is 11.1. The molecule has 0 saturated carbocycles. The van der Waals surface area contributed by atoms with Crippen LogP contribution in [0.1, 0.15) is 12.6 Å². The van der Waals surface area contributed by atoms with Crippen LogP contribution in [0.3, 0.4) is 0 Å². The molecule has 0 atom stereocenters. The highest BCUT2D eigenvalue weighted by molar-refractivity contribution is 7.18. The number of hydrogen-bond donors (Lipinski definition) is 0. The minimum Gasteiger partial charge on any atom is -0.240 e. The first kappa shape index (κ1) is 13.3. The van der Waals surface area contributed by atoms with E-state index in [-0.39, 0.29) is 0 Å². The van der Waals surface area contributed by atoms with E-state index in [1.807, 2.05) is 30.3 Å². The van der Waals surface area contributed by atoms with Crippen LogP contribution in [0.4, 0.5) is 0 Å². The Labute approximate surface area is 127 Å². The van der Waals surface area contributed by atoms with Crippen molar-refractivity contribution in [3.05, 3.63) is 65.3 Å². The monoisotopic (exact) mass is 299 g/mol. The van der Waals surface area contributed by atoms with Crippen molar-refractivity contribution in [3.8, 4) is 21.0 Å². The minimum absolute atomic E-state index is 0.753. The van der Waals surface area contributed by atoms with Crippen LogP contribution >= 0.6 is 22.9 Å². The molecule has 3 rings (SSSR count). The lowest BCUT2D eigenvalue weighted by Crippen LogP contribution is -1.84. The second-order valence-corrected chi connectivity index (χ2v) is 5.90. The van der Waals surface area contributed by atoms with Gasteiger partial charge in [0.15, 0.2) is 0 Å². The molecule has 2 aromatic carbocycles. The SMILES string of the molecule is CCc1nc(-c2ccccc2Cl)sc1-c1ccccc1. The molecular formula is C17H14ClNS. The first-order valence-electron chi connectivity index (χ1n) is 6.59. The fourth-order valence-electron chi connectivity index (χ4n) is 2.16. The Morgan fingerprint density at radius 2 is 1.70 bits per heavy atom. The molecule has 0 N–H and O–H groups in total. The fourth-order valence-corrected chi connectivity index (χ4v) is 3.64. The van der Waals surface area contributed by atoms with Gasteiger partial charge in [0.1, 0.15) is 5.01 Å². The molecule has 0 fully saturated rings. The van der Waals surface area contributed by atoms with Gasteiger partial charge >= 0.3 is 0 Å². The van der Waals surface area contributed by atoms with Gasteiger partial charge in [-0.25, -0.2) is 4.98 Å². The highest BCUT2D eigenvalue weighted by Crippen LogP contribution is 2.38. The van der Waals surface area contributed by atoms with Crippen LogP contribution in [-0.2, 0) is 6.42 Å². The van der Waals surface area contributed by atoms with Crippen LogP contribution in [0, 0.1) is 0 Å². The van der Waals surface area contributed by atoms with Crippen molar-refractivity contribution in [1.82, 2.24) is 4.98 Å². The zero-order chi connectivity index (χ0) is 13.9. The molecule has 100 valence electrons. The molecule has 0 aliphatic heterocycles. The van der Waals surface area contributed by atoms with E-state index in [9.17, 15) is 0 Å². The summed E-state index contributed by atoms with van der Waals surface area (Å²) < 4.78 is 0. The van der Waals surface area contributed by atoms with Crippen molar-refractivity contribution < 1.29 is 0 Å². The quantitative estimate of drug-likeness (QED) is 0.605. The van der Waals surface area contributed by atoms with Gasteiger partial charge in [0.25, 0.3) is 0 Å². The van der Waals surface area contributed by atoms with Crippen LogP contribution in [0.15, 0.2) is 54.6 Å². The van der Waals surface area contributed by atoms with E-state index >= 15 is 0 Å². The Morgan fingerprint density at radius 1 is 1.00 bits per heavy atom. The van der Waals surface area contributed by atoms with Gasteiger partial charge in [-0.1, -0.05) is 67.1 Å². The molecule has 0 aliphatic carbocycles. The lowest BCUT2D eigenvalue weighted by Gasteiger charge is -1.98. The van der Waals surface area contributed by atoms with E-state index < -0.39 is 0 Å².